The number of halogens is 16. The first kappa shape index (κ1) is 32.5. The molecule has 1 N–H and O–H groups in total. The summed E-state index contributed by atoms with van der Waals surface area (Å²) in [7, 11) is -16.9. The maximum atomic E-state index is 13.2. The molecule has 0 aliphatic carbocycles. The number of hydrogen-bond donors (Lipinski definition) is 1. The third kappa shape index (κ3) is 4.69. The number of sulfonamides is 2. The minimum Gasteiger partial charge on any atom is -1.00 e. The molecule has 0 aliphatic rings. The SMILES string of the molecule is O=S(=O)(NS(=O)(=O)C(F)(F)C(F)(F)C(F)(F)C(F)(F)F)C(F)(F)C(F)(F)C(F)(F)F.[H-].[Li+]. The van der Waals surface area contributed by atoms with Crippen molar-refractivity contribution in [3.8, 4) is 0 Å². The van der Waals surface area contributed by atoms with Crippen molar-refractivity contribution >= 4 is 20.0 Å². The molecule has 31 heavy (non-hydrogen) atoms. The first-order valence-corrected chi connectivity index (χ1v) is 8.72. The van der Waals surface area contributed by atoms with Crippen LogP contribution in [-0.2, 0) is 20.0 Å². The van der Waals surface area contributed by atoms with Gasteiger partial charge in [0, 0.05) is 0 Å². The fourth-order valence-electron chi connectivity index (χ4n) is 1.11. The molecule has 0 aromatic rings. The van der Waals surface area contributed by atoms with Crippen LogP contribution in [-0.4, -0.2) is 57.5 Å². The van der Waals surface area contributed by atoms with E-state index in [1.165, 1.54) is 0 Å². The molecule has 0 radical (unpaired) electrons. The first-order valence-electron chi connectivity index (χ1n) is 5.76. The molecule has 0 bridgehead atoms. The molecule has 0 aromatic carbocycles. The molecule has 0 amide bonds. The molecule has 0 heterocycles. The van der Waals surface area contributed by atoms with Gasteiger partial charge in [-0.15, -0.1) is 0 Å². The van der Waals surface area contributed by atoms with Crippen LogP contribution in [0.25, 0.3) is 0 Å². The van der Waals surface area contributed by atoms with Gasteiger partial charge in [-0.2, -0.15) is 70.2 Å². The van der Waals surface area contributed by atoms with E-state index in [0.717, 1.165) is 0 Å². The average Bonchev–Trinajstić information content (AvgIpc) is 2.42. The minimum atomic E-state index is -8.49. The fraction of sp³-hybridized carbons (Fsp3) is 1.00. The molecule has 24 heteroatoms. The summed E-state index contributed by atoms with van der Waals surface area (Å²) in [6.07, 6.45) is -15.2. The van der Waals surface area contributed by atoms with E-state index in [9.17, 15) is 87.1 Å². The zero-order valence-electron chi connectivity index (χ0n) is 14.5. The predicted molar refractivity (Wildman–Crippen MR) is 58.9 cm³/mol. The van der Waals surface area contributed by atoms with Gasteiger partial charge in [-0.1, -0.05) is 4.13 Å². The Balaban J connectivity index is -0.00000420. The molecule has 0 rings (SSSR count). The van der Waals surface area contributed by atoms with Crippen LogP contribution in [0.1, 0.15) is 1.43 Å². The van der Waals surface area contributed by atoms with Gasteiger partial charge in [-0.3, -0.25) is 0 Å². The Morgan fingerprint density at radius 2 is 0.677 bits per heavy atom. The second-order valence-corrected chi connectivity index (χ2v) is 8.55. The quantitative estimate of drug-likeness (QED) is 0.380. The van der Waals surface area contributed by atoms with Crippen molar-refractivity contribution < 1.29 is 107 Å². The third-order valence-electron chi connectivity index (χ3n) is 2.73. The predicted octanol–water partition coefficient (Wildman–Crippen LogP) is 0.568. The maximum absolute atomic E-state index is 13.2. The van der Waals surface area contributed by atoms with Gasteiger partial charge in [0.05, 0.1) is 0 Å². The number of nitrogens with one attached hydrogen (secondary N) is 1. The first-order chi connectivity index (χ1) is 12.5. The summed E-state index contributed by atoms with van der Waals surface area (Å²) >= 11 is 0. The molecule has 0 aliphatic heterocycles. The van der Waals surface area contributed by atoms with Crippen molar-refractivity contribution in [2.45, 2.75) is 40.6 Å². The molecule has 0 saturated heterocycles. The van der Waals surface area contributed by atoms with Gasteiger partial charge in [-0.05, 0) is 0 Å². The van der Waals surface area contributed by atoms with Gasteiger partial charge < -0.3 is 1.43 Å². The summed E-state index contributed by atoms with van der Waals surface area (Å²) in [5, 5.41) is -15.8. The van der Waals surface area contributed by atoms with Crippen LogP contribution in [0.4, 0.5) is 70.2 Å². The van der Waals surface area contributed by atoms with Gasteiger partial charge in [-0.25, -0.2) is 16.8 Å². The Morgan fingerprint density at radius 1 is 0.452 bits per heavy atom. The fourth-order valence-corrected chi connectivity index (χ4v) is 4.02. The minimum absolute atomic E-state index is 0. The Bertz CT molecular complexity index is 879. The van der Waals surface area contributed by atoms with Crippen LogP contribution in [0, 0.1) is 0 Å². The van der Waals surface area contributed by atoms with E-state index < -0.39 is 64.8 Å². The van der Waals surface area contributed by atoms with E-state index in [1.807, 2.05) is 0 Å². The number of rotatable bonds is 7. The molecule has 0 saturated carbocycles. The summed E-state index contributed by atoms with van der Waals surface area (Å²) in [4.78, 5) is 0. The van der Waals surface area contributed by atoms with E-state index in [-0.39, 0.29) is 20.3 Å². The Hall–Kier alpha value is -0.663. The molecular weight excluding hydrogens is 537 g/mol. The van der Waals surface area contributed by atoms with Crippen molar-refractivity contribution in [3.05, 3.63) is 0 Å². The molecular formula is C7H2F16LiNO4S2. The number of hydrogen-bond acceptors (Lipinski definition) is 4. The van der Waals surface area contributed by atoms with E-state index in [4.69, 9.17) is 0 Å². The standard InChI is InChI=1S/C7HF16NO4S2.Li.H/c8-1(9,4(14,15)16)2(10,11)6(20,21)29(25,26)24-30(27,28)7(22,23)3(12,13)5(17,18)19;;/h24H;;/q;+1;-1. The van der Waals surface area contributed by atoms with Gasteiger partial charge in [0.1, 0.15) is 0 Å². The van der Waals surface area contributed by atoms with E-state index in [2.05, 4.69) is 0 Å². The summed E-state index contributed by atoms with van der Waals surface area (Å²) < 4.78 is 241. The molecule has 5 nitrogen and oxygen atoms in total. The summed E-state index contributed by atoms with van der Waals surface area (Å²) in [5.41, 5.74) is 0. The van der Waals surface area contributed by atoms with Crippen molar-refractivity contribution in [3.63, 3.8) is 0 Å². The molecule has 0 fully saturated rings. The summed E-state index contributed by atoms with van der Waals surface area (Å²) in [6, 6.07) is 0. The van der Waals surface area contributed by atoms with Gasteiger partial charge >= 0.3 is 59.5 Å². The Kier molecular flexibility index (Phi) is 8.37. The van der Waals surface area contributed by atoms with Crippen LogP contribution in [0.3, 0.4) is 0 Å². The van der Waals surface area contributed by atoms with Gasteiger partial charge in [0.15, 0.2) is 0 Å². The zero-order valence-corrected chi connectivity index (χ0v) is 15.1. The van der Waals surface area contributed by atoms with E-state index in [0.29, 0.717) is 0 Å². The molecule has 0 spiro atoms. The average molecular weight is 539 g/mol. The van der Waals surface area contributed by atoms with E-state index >= 15 is 0 Å². The monoisotopic (exact) mass is 539 g/mol. The van der Waals surface area contributed by atoms with Crippen molar-refractivity contribution in [1.82, 2.24) is 4.13 Å². The van der Waals surface area contributed by atoms with Crippen molar-refractivity contribution in [1.29, 1.82) is 0 Å². The van der Waals surface area contributed by atoms with Crippen LogP contribution in [0.2, 0.25) is 0 Å². The number of alkyl halides is 16. The molecule has 0 unspecified atom stereocenters. The van der Waals surface area contributed by atoms with Gasteiger partial charge in [0.25, 0.3) is 20.0 Å². The Labute approximate surface area is 172 Å². The summed E-state index contributed by atoms with van der Waals surface area (Å²) in [5.74, 6) is -24.0. The second-order valence-electron chi connectivity index (χ2n) is 4.84. The topological polar surface area (TPSA) is 80.3 Å². The van der Waals surface area contributed by atoms with E-state index in [1.54, 1.807) is 0 Å². The smallest absolute Gasteiger partial charge is 1.00 e. The van der Waals surface area contributed by atoms with Crippen molar-refractivity contribution in [2.75, 3.05) is 0 Å². The zero-order chi connectivity index (χ0) is 25.2. The van der Waals surface area contributed by atoms with Crippen LogP contribution >= 0.6 is 0 Å². The van der Waals surface area contributed by atoms with Crippen LogP contribution in [0.15, 0.2) is 0 Å². The van der Waals surface area contributed by atoms with Crippen LogP contribution < -0.4 is 23.0 Å². The third-order valence-corrected chi connectivity index (χ3v) is 6.35. The second kappa shape index (κ2) is 7.98. The molecule has 0 atom stereocenters. The largest absolute Gasteiger partial charge is 1.00 e. The maximum Gasteiger partial charge on any atom is 1.00 e. The van der Waals surface area contributed by atoms with Crippen molar-refractivity contribution in [2.24, 2.45) is 0 Å². The normalized spacial score (nSPS) is 16.1. The molecule has 184 valence electrons. The van der Waals surface area contributed by atoms with Gasteiger partial charge in [0.2, 0.25) is 0 Å². The van der Waals surface area contributed by atoms with Crippen LogP contribution in [0.5, 0.6) is 0 Å². The Morgan fingerprint density at radius 3 is 0.903 bits per heavy atom. The summed E-state index contributed by atoms with van der Waals surface area (Å²) in [6.45, 7) is 0. The molecule has 0 aromatic heterocycles.